The van der Waals surface area contributed by atoms with E-state index >= 15 is 0 Å². The van der Waals surface area contributed by atoms with Crippen LogP contribution in [0.15, 0.2) is 22.3 Å². The summed E-state index contributed by atoms with van der Waals surface area (Å²) in [6.07, 6.45) is -47.4. The Balaban J connectivity index is 4.84. The molecule has 0 amide bonds. The zero-order valence-electron chi connectivity index (χ0n) is 13.6. The Morgan fingerprint density at radius 3 is 0.750 bits per heavy atom. The quantitative estimate of drug-likeness (QED) is 0.311. The van der Waals surface area contributed by atoms with Crippen LogP contribution in [-0.4, -0.2) is 43.0 Å². The Bertz CT molecular complexity index is 762. The summed E-state index contributed by atoms with van der Waals surface area (Å²) >= 11 is 0. The summed E-state index contributed by atoms with van der Waals surface area (Å²) in [6, 6.07) is 0. The molecule has 0 heterocycles. The zero-order valence-corrected chi connectivity index (χ0v) is 13.6. The predicted octanol–water partition coefficient (Wildman–Crippen LogP) is 7.59. The van der Waals surface area contributed by atoms with Gasteiger partial charge in [-0.3, -0.25) is 0 Å². The summed E-state index contributed by atoms with van der Waals surface area (Å²) in [6.45, 7) is 0. The smallest absolute Gasteiger partial charge is 0.195 e. The van der Waals surface area contributed by atoms with Gasteiger partial charge in [0.1, 0.15) is 0 Å². The highest BCUT2D eigenvalue weighted by molar-refractivity contribution is 5.63. The molecule has 0 bridgehead atoms. The van der Waals surface area contributed by atoms with Gasteiger partial charge in [-0.15, -0.1) is 0 Å². The third-order valence-electron chi connectivity index (χ3n) is 3.89. The Labute approximate surface area is 160 Å². The number of hydrogen-bond acceptors (Lipinski definition) is 0. The van der Waals surface area contributed by atoms with Crippen molar-refractivity contribution >= 4 is 0 Å². The summed E-state index contributed by atoms with van der Waals surface area (Å²) < 4.78 is 262. The van der Waals surface area contributed by atoms with E-state index < -0.39 is 70.7 Å². The Hall–Kier alpha value is -1.92. The Morgan fingerprint density at radius 2 is 0.625 bits per heavy atom. The summed E-state index contributed by atoms with van der Waals surface area (Å²) in [5.41, 5.74) is -29.2. The number of halogens is 20. The van der Waals surface area contributed by atoms with Gasteiger partial charge >= 0.3 is 43.0 Å². The molecule has 0 aromatic carbocycles. The van der Waals surface area contributed by atoms with Crippen molar-refractivity contribution in [3.63, 3.8) is 0 Å². The minimum atomic E-state index is -8.53. The van der Waals surface area contributed by atoms with Gasteiger partial charge in [-0.25, -0.2) is 0 Å². The molecule has 0 unspecified atom stereocenters. The first-order valence-corrected chi connectivity index (χ1v) is 6.78. The molecule has 1 aliphatic rings. The molecule has 0 aromatic heterocycles. The summed E-state index contributed by atoms with van der Waals surface area (Å²) in [5, 5.41) is 0. The van der Waals surface area contributed by atoms with Crippen molar-refractivity contribution < 1.29 is 87.8 Å². The molecule has 0 fully saturated rings. The molecule has 32 heavy (non-hydrogen) atoms. The SMILES string of the molecule is FC(F)(F)C1=C(C(F)(F)F)C(C(F)(F)F)(C(F)(F)C(F)(F)F)C(C(F)(F)F)=C1C(F)(F)F. The third-order valence-corrected chi connectivity index (χ3v) is 3.89. The maximum atomic E-state index is 13.8. The van der Waals surface area contributed by atoms with Crippen LogP contribution in [0.2, 0.25) is 0 Å². The molecule has 0 atom stereocenters. The molecule has 0 saturated carbocycles. The molecule has 1 rings (SSSR count). The lowest BCUT2D eigenvalue weighted by atomic mass is 9.68. The van der Waals surface area contributed by atoms with E-state index in [1.165, 1.54) is 0 Å². The minimum absolute atomic E-state index is 5.04. The standard InChI is InChI=1S/C12F20/c13-6(14,15)1-2(7(16,17)18)4(9(22,23)24)5(11(27,28)29,3(1)8(19,20)21)10(25,26)12(30,31)32. The van der Waals surface area contributed by atoms with Crippen LogP contribution in [0, 0.1) is 5.41 Å². The Kier molecular flexibility index (Phi) is 5.97. The lowest BCUT2D eigenvalue weighted by Gasteiger charge is -2.43. The first-order valence-electron chi connectivity index (χ1n) is 6.78. The van der Waals surface area contributed by atoms with Gasteiger partial charge in [-0.05, 0) is 0 Å². The highest BCUT2D eigenvalue weighted by Crippen LogP contribution is 2.74. The fourth-order valence-electron chi connectivity index (χ4n) is 3.01. The number of allylic oxidation sites excluding steroid dienone is 4. The number of rotatable bonds is 1. The fraction of sp³-hybridized carbons (Fsp3) is 0.667. The van der Waals surface area contributed by atoms with Crippen molar-refractivity contribution in [3.8, 4) is 0 Å². The molecule has 0 aromatic rings. The van der Waals surface area contributed by atoms with Gasteiger partial charge in [0.25, 0.3) is 0 Å². The van der Waals surface area contributed by atoms with Crippen molar-refractivity contribution in [2.24, 2.45) is 5.41 Å². The van der Waals surface area contributed by atoms with Crippen LogP contribution in [0.1, 0.15) is 0 Å². The summed E-state index contributed by atoms with van der Waals surface area (Å²) in [7, 11) is 0. The number of alkyl halides is 20. The maximum absolute atomic E-state index is 13.8. The van der Waals surface area contributed by atoms with Crippen molar-refractivity contribution in [2.45, 2.75) is 43.0 Å². The van der Waals surface area contributed by atoms with Crippen LogP contribution in [0.3, 0.4) is 0 Å². The van der Waals surface area contributed by atoms with E-state index in [2.05, 4.69) is 0 Å². The molecule has 188 valence electrons. The van der Waals surface area contributed by atoms with Crippen LogP contribution in [-0.2, 0) is 0 Å². The summed E-state index contributed by atoms with van der Waals surface area (Å²) in [4.78, 5) is 0. The van der Waals surface area contributed by atoms with Gasteiger partial charge in [-0.2, -0.15) is 87.8 Å². The largest absolute Gasteiger partial charge is 0.454 e. The third kappa shape index (κ3) is 3.86. The van der Waals surface area contributed by atoms with E-state index in [1.807, 2.05) is 0 Å². The second-order valence-electron chi connectivity index (χ2n) is 5.81. The fourth-order valence-corrected chi connectivity index (χ4v) is 3.01. The van der Waals surface area contributed by atoms with Crippen molar-refractivity contribution in [1.29, 1.82) is 0 Å². The first kappa shape index (κ1) is 28.1. The molecule has 0 nitrogen and oxygen atoms in total. The van der Waals surface area contributed by atoms with Gasteiger partial charge in [0.05, 0.1) is 22.3 Å². The molecular weight excluding hydrogens is 524 g/mol. The first-order chi connectivity index (χ1) is 13.5. The monoisotopic (exact) mass is 524 g/mol. The lowest BCUT2D eigenvalue weighted by Crippen LogP contribution is -2.64. The highest BCUT2D eigenvalue weighted by Gasteiger charge is 2.90. The van der Waals surface area contributed by atoms with Gasteiger partial charge in [-0.1, -0.05) is 0 Å². The maximum Gasteiger partial charge on any atom is 0.454 e. The van der Waals surface area contributed by atoms with Crippen molar-refractivity contribution in [2.75, 3.05) is 0 Å². The van der Waals surface area contributed by atoms with Crippen molar-refractivity contribution in [3.05, 3.63) is 22.3 Å². The molecule has 0 aliphatic heterocycles. The highest BCUT2D eigenvalue weighted by atomic mass is 19.4. The van der Waals surface area contributed by atoms with Crippen LogP contribution in [0.25, 0.3) is 0 Å². The van der Waals surface area contributed by atoms with Crippen LogP contribution >= 0.6 is 0 Å². The van der Waals surface area contributed by atoms with E-state index in [0.29, 0.717) is 0 Å². The van der Waals surface area contributed by atoms with Crippen LogP contribution in [0.5, 0.6) is 0 Å². The van der Waals surface area contributed by atoms with Crippen LogP contribution < -0.4 is 0 Å². The minimum Gasteiger partial charge on any atom is -0.195 e. The summed E-state index contributed by atoms with van der Waals surface area (Å²) in [5.74, 6) is -8.53. The molecule has 0 saturated heterocycles. The lowest BCUT2D eigenvalue weighted by molar-refractivity contribution is -0.376. The van der Waals surface area contributed by atoms with E-state index in [9.17, 15) is 87.8 Å². The molecule has 0 spiro atoms. The second-order valence-corrected chi connectivity index (χ2v) is 5.81. The van der Waals surface area contributed by atoms with Gasteiger partial charge < -0.3 is 0 Å². The van der Waals surface area contributed by atoms with E-state index in [4.69, 9.17) is 0 Å². The molecule has 20 heteroatoms. The predicted molar refractivity (Wildman–Crippen MR) is 57.8 cm³/mol. The van der Waals surface area contributed by atoms with E-state index in [-0.39, 0.29) is 0 Å². The van der Waals surface area contributed by atoms with Gasteiger partial charge in [0.15, 0.2) is 5.41 Å². The zero-order chi connectivity index (χ0) is 26.3. The molecular formula is C12F20. The molecule has 1 aliphatic carbocycles. The average Bonchev–Trinajstić information content (AvgIpc) is 2.78. The second kappa shape index (κ2) is 6.80. The van der Waals surface area contributed by atoms with Crippen LogP contribution in [0.4, 0.5) is 87.8 Å². The van der Waals surface area contributed by atoms with Crippen molar-refractivity contribution in [1.82, 2.24) is 0 Å². The molecule has 0 N–H and O–H groups in total. The van der Waals surface area contributed by atoms with Gasteiger partial charge in [0.2, 0.25) is 0 Å². The topological polar surface area (TPSA) is 0 Å². The van der Waals surface area contributed by atoms with E-state index in [0.717, 1.165) is 0 Å². The normalized spacial score (nSPS) is 19.9. The van der Waals surface area contributed by atoms with E-state index in [1.54, 1.807) is 0 Å². The molecule has 0 radical (unpaired) electrons. The Morgan fingerprint density at radius 1 is 0.375 bits per heavy atom. The average molecular weight is 524 g/mol. The number of hydrogen-bond donors (Lipinski definition) is 0. The van der Waals surface area contributed by atoms with Gasteiger partial charge in [0, 0.05) is 0 Å².